The van der Waals surface area contributed by atoms with Crippen molar-refractivity contribution in [1.29, 1.82) is 0 Å². The standard InChI is InChI=1S/C15H17ClN2O/c1-3-12-13(4-2)18-15(19)14(17-12)9-10-5-7-11(16)8-6-10/h5-8H,3-4,9H2,1-2H3,(H,18,19). The Kier molecular flexibility index (Phi) is 4.38. The van der Waals surface area contributed by atoms with Crippen LogP contribution in [-0.4, -0.2) is 9.97 Å². The number of aromatic nitrogens is 2. The molecular formula is C15H17ClN2O. The summed E-state index contributed by atoms with van der Waals surface area (Å²) in [6, 6.07) is 7.49. The molecule has 1 heterocycles. The van der Waals surface area contributed by atoms with Crippen LogP contribution in [0.4, 0.5) is 0 Å². The van der Waals surface area contributed by atoms with Crippen molar-refractivity contribution in [2.75, 3.05) is 0 Å². The highest BCUT2D eigenvalue weighted by Crippen LogP contribution is 2.12. The van der Waals surface area contributed by atoms with Crippen molar-refractivity contribution in [3.8, 4) is 0 Å². The molecule has 19 heavy (non-hydrogen) atoms. The van der Waals surface area contributed by atoms with Gasteiger partial charge in [0.25, 0.3) is 5.56 Å². The number of nitrogens with zero attached hydrogens (tertiary/aromatic N) is 1. The number of aryl methyl sites for hydroxylation is 2. The van der Waals surface area contributed by atoms with Crippen LogP contribution in [0.15, 0.2) is 29.1 Å². The average molecular weight is 277 g/mol. The van der Waals surface area contributed by atoms with Gasteiger partial charge in [-0.15, -0.1) is 0 Å². The summed E-state index contributed by atoms with van der Waals surface area (Å²) in [7, 11) is 0. The Hall–Kier alpha value is -1.61. The lowest BCUT2D eigenvalue weighted by Gasteiger charge is -2.07. The normalized spacial score (nSPS) is 10.7. The van der Waals surface area contributed by atoms with Gasteiger partial charge in [0.1, 0.15) is 5.69 Å². The Labute approximate surface area is 117 Å². The quantitative estimate of drug-likeness (QED) is 0.932. The lowest BCUT2D eigenvalue weighted by Crippen LogP contribution is -2.20. The Bertz CT molecular complexity index is 617. The molecule has 1 N–H and O–H groups in total. The van der Waals surface area contributed by atoms with Gasteiger partial charge in [0.15, 0.2) is 0 Å². The lowest BCUT2D eigenvalue weighted by atomic mass is 10.1. The molecule has 100 valence electrons. The topological polar surface area (TPSA) is 45.8 Å². The highest BCUT2D eigenvalue weighted by Gasteiger charge is 2.08. The monoisotopic (exact) mass is 276 g/mol. The first-order chi connectivity index (χ1) is 9.13. The van der Waals surface area contributed by atoms with Gasteiger partial charge in [-0.2, -0.15) is 0 Å². The summed E-state index contributed by atoms with van der Waals surface area (Å²) in [5.41, 5.74) is 3.42. The van der Waals surface area contributed by atoms with E-state index in [9.17, 15) is 4.79 Å². The number of hydrogen-bond acceptors (Lipinski definition) is 2. The second kappa shape index (κ2) is 6.02. The third kappa shape index (κ3) is 3.24. The smallest absolute Gasteiger partial charge is 0.270 e. The van der Waals surface area contributed by atoms with Crippen molar-refractivity contribution in [2.24, 2.45) is 0 Å². The minimum atomic E-state index is -0.0935. The third-order valence-corrected chi connectivity index (χ3v) is 3.37. The molecule has 0 aliphatic carbocycles. The van der Waals surface area contributed by atoms with E-state index >= 15 is 0 Å². The highest BCUT2D eigenvalue weighted by molar-refractivity contribution is 6.30. The number of nitrogens with one attached hydrogen (secondary N) is 1. The molecule has 1 aromatic carbocycles. The van der Waals surface area contributed by atoms with Gasteiger partial charge in [-0.1, -0.05) is 37.6 Å². The molecule has 1 aromatic heterocycles. The van der Waals surface area contributed by atoms with Gasteiger partial charge in [-0.3, -0.25) is 4.79 Å². The van der Waals surface area contributed by atoms with Gasteiger partial charge in [0.2, 0.25) is 0 Å². The molecule has 2 aromatic rings. The maximum absolute atomic E-state index is 12.0. The van der Waals surface area contributed by atoms with Crippen LogP contribution in [0, 0.1) is 0 Å². The summed E-state index contributed by atoms with van der Waals surface area (Å²) >= 11 is 5.85. The van der Waals surface area contributed by atoms with Crippen molar-refractivity contribution in [3.63, 3.8) is 0 Å². The van der Waals surface area contributed by atoms with E-state index in [4.69, 9.17) is 11.6 Å². The number of H-pyrrole nitrogens is 1. The molecule has 0 spiro atoms. The first-order valence-electron chi connectivity index (χ1n) is 6.49. The van der Waals surface area contributed by atoms with Crippen molar-refractivity contribution < 1.29 is 0 Å². The predicted octanol–water partition coefficient (Wildman–Crippen LogP) is 3.14. The lowest BCUT2D eigenvalue weighted by molar-refractivity contribution is 0.847. The van der Waals surface area contributed by atoms with E-state index in [2.05, 4.69) is 9.97 Å². The van der Waals surface area contributed by atoms with E-state index in [1.54, 1.807) is 0 Å². The molecule has 0 saturated heterocycles. The van der Waals surface area contributed by atoms with Crippen molar-refractivity contribution >= 4 is 11.6 Å². The molecule has 0 unspecified atom stereocenters. The Balaban J connectivity index is 2.35. The predicted molar refractivity (Wildman–Crippen MR) is 77.9 cm³/mol. The minimum Gasteiger partial charge on any atom is -0.323 e. The van der Waals surface area contributed by atoms with Gasteiger partial charge in [0.05, 0.1) is 5.69 Å². The fraction of sp³-hybridized carbons (Fsp3) is 0.333. The van der Waals surface area contributed by atoms with E-state index in [0.717, 1.165) is 29.8 Å². The zero-order valence-corrected chi connectivity index (χ0v) is 11.9. The summed E-state index contributed by atoms with van der Waals surface area (Å²) in [6.45, 7) is 4.07. The van der Waals surface area contributed by atoms with Crippen LogP contribution in [-0.2, 0) is 19.3 Å². The maximum atomic E-state index is 12.0. The molecule has 0 radical (unpaired) electrons. The SMILES string of the molecule is CCc1nc(Cc2ccc(Cl)cc2)c(=O)[nH]c1CC. The first kappa shape index (κ1) is 13.8. The second-order valence-electron chi connectivity index (χ2n) is 4.45. The van der Waals surface area contributed by atoms with Crippen LogP contribution in [0.3, 0.4) is 0 Å². The van der Waals surface area contributed by atoms with Gasteiger partial charge >= 0.3 is 0 Å². The fourth-order valence-corrected chi connectivity index (χ4v) is 2.19. The van der Waals surface area contributed by atoms with Crippen LogP contribution in [0.25, 0.3) is 0 Å². The van der Waals surface area contributed by atoms with E-state index < -0.39 is 0 Å². The first-order valence-corrected chi connectivity index (χ1v) is 6.87. The fourth-order valence-electron chi connectivity index (χ4n) is 2.06. The zero-order valence-electron chi connectivity index (χ0n) is 11.2. The van der Waals surface area contributed by atoms with E-state index in [1.165, 1.54) is 0 Å². The number of rotatable bonds is 4. The van der Waals surface area contributed by atoms with Crippen LogP contribution >= 0.6 is 11.6 Å². The van der Waals surface area contributed by atoms with Gasteiger partial charge in [0, 0.05) is 17.1 Å². The third-order valence-electron chi connectivity index (χ3n) is 3.12. The van der Waals surface area contributed by atoms with E-state index in [-0.39, 0.29) is 5.56 Å². The summed E-state index contributed by atoms with van der Waals surface area (Å²) in [6.07, 6.45) is 2.16. The molecule has 0 bridgehead atoms. The summed E-state index contributed by atoms with van der Waals surface area (Å²) in [5.74, 6) is 0. The number of hydrogen-bond donors (Lipinski definition) is 1. The largest absolute Gasteiger partial charge is 0.323 e. The summed E-state index contributed by atoms with van der Waals surface area (Å²) < 4.78 is 0. The van der Waals surface area contributed by atoms with Crippen LogP contribution in [0.5, 0.6) is 0 Å². The number of halogens is 1. The number of aromatic amines is 1. The number of benzene rings is 1. The van der Waals surface area contributed by atoms with Crippen LogP contribution < -0.4 is 5.56 Å². The summed E-state index contributed by atoms with van der Waals surface area (Å²) in [5, 5.41) is 0.696. The van der Waals surface area contributed by atoms with Gasteiger partial charge in [-0.05, 0) is 30.5 Å². The second-order valence-corrected chi connectivity index (χ2v) is 4.88. The molecule has 0 aliphatic heterocycles. The van der Waals surface area contributed by atoms with Gasteiger partial charge in [-0.25, -0.2) is 4.98 Å². The van der Waals surface area contributed by atoms with E-state index in [1.807, 2.05) is 38.1 Å². The van der Waals surface area contributed by atoms with Crippen LogP contribution in [0.1, 0.15) is 36.5 Å². The molecule has 0 amide bonds. The Morgan fingerprint density at radius 1 is 1.11 bits per heavy atom. The van der Waals surface area contributed by atoms with Gasteiger partial charge < -0.3 is 4.98 Å². The summed E-state index contributed by atoms with van der Waals surface area (Å²) in [4.78, 5) is 19.4. The molecule has 0 fully saturated rings. The van der Waals surface area contributed by atoms with Crippen molar-refractivity contribution in [1.82, 2.24) is 9.97 Å². The molecule has 0 saturated carbocycles. The maximum Gasteiger partial charge on any atom is 0.270 e. The molecule has 3 nitrogen and oxygen atoms in total. The van der Waals surface area contributed by atoms with E-state index in [0.29, 0.717) is 17.1 Å². The Morgan fingerprint density at radius 3 is 2.37 bits per heavy atom. The molecule has 0 aliphatic rings. The molecule has 2 rings (SSSR count). The molecular weight excluding hydrogens is 260 g/mol. The average Bonchev–Trinajstić information content (AvgIpc) is 2.43. The molecule has 0 atom stereocenters. The van der Waals surface area contributed by atoms with Crippen molar-refractivity contribution in [2.45, 2.75) is 33.1 Å². The van der Waals surface area contributed by atoms with Crippen molar-refractivity contribution in [3.05, 3.63) is 62.3 Å². The minimum absolute atomic E-state index is 0.0935. The highest BCUT2D eigenvalue weighted by atomic mass is 35.5. The Morgan fingerprint density at radius 2 is 1.79 bits per heavy atom. The zero-order chi connectivity index (χ0) is 13.8. The van der Waals surface area contributed by atoms with Crippen LogP contribution in [0.2, 0.25) is 5.02 Å². The molecule has 4 heteroatoms.